The molecule has 0 spiro atoms. The number of hydrogen-bond acceptors (Lipinski definition) is 8. The van der Waals surface area contributed by atoms with Crippen molar-refractivity contribution in [3.8, 4) is 11.1 Å². The molecule has 2 aliphatic carbocycles. The zero-order chi connectivity index (χ0) is 31.9. The van der Waals surface area contributed by atoms with Crippen molar-refractivity contribution in [3.63, 3.8) is 0 Å². The predicted molar refractivity (Wildman–Crippen MR) is 179 cm³/mol. The molecule has 0 saturated carbocycles. The number of rotatable bonds is 7. The van der Waals surface area contributed by atoms with E-state index in [9.17, 15) is 9.90 Å². The number of piperazine rings is 1. The second kappa shape index (κ2) is 12.4. The number of carbonyl (C=O) groups excluding carboxylic acids is 1. The lowest BCUT2D eigenvalue weighted by Crippen LogP contribution is -2.49. The van der Waals surface area contributed by atoms with E-state index in [0.29, 0.717) is 39.3 Å². The lowest BCUT2D eigenvalue weighted by molar-refractivity contribution is 0.0975. The van der Waals surface area contributed by atoms with Crippen LogP contribution in [-0.4, -0.2) is 80.2 Å². The van der Waals surface area contributed by atoms with Gasteiger partial charge in [0.2, 0.25) is 5.95 Å². The number of imidazole rings is 1. The maximum atomic E-state index is 13.3. The van der Waals surface area contributed by atoms with Gasteiger partial charge in [0.15, 0.2) is 0 Å². The monoisotopic (exact) mass is 629 g/mol. The van der Waals surface area contributed by atoms with Crippen LogP contribution in [0.3, 0.4) is 0 Å². The molecule has 3 aliphatic rings. The lowest BCUT2D eigenvalue weighted by atomic mass is 9.91. The van der Waals surface area contributed by atoms with Gasteiger partial charge in [-0.05, 0) is 66.3 Å². The summed E-state index contributed by atoms with van der Waals surface area (Å²) in [5.41, 5.74) is 9.63. The van der Waals surface area contributed by atoms with Gasteiger partial charge < -0.3 is 19.6 Å². The molecule has 10 heteroatoms. The highest BCUT2D eigenvalue weighted by Crippen LogP contribution is 2.44. The van der Waals surface area contributed by atoms with Crippen LogP contribution in [0.25, 0.3) is 16.8 Å². The second-order valence-corrected chi connectivity index (χ2v) is 12.8. The molecule has 10 nitrogen and oxygen atoms in total. The Hall–Kier alpha value is -4.80. The number of ether oxygens (including phenoxy) is 1. The smallest absolute Gasteiger partial charge is 0.409 e. The predicted octanol–water partition coefficient (Wildman–Crippen LogP) is 5.20. The first kappa shape index (κ1) is 29.6. The highest BCUT2D eigenvalue weighted by Gasteiger charge is 2.32. The van der Waals surface area contributed by atoms with Crippen molar-refractivity contribution in [2.45, 2.75) is 44.4 Å². The molecule has 1 atom stereocenters. The molecule has 1 amide bonds. The number of anilines is 1. The van der Waals surface area contributed by atoms with Gasteiger partial charge in [-0.3, -0.25) is 14.3 Å². The van der Waals surface area contributed by atoms with E-state index >= 15 is 0 Å². The van der Waals surface area contributed by atoms with Gasteiger partial charge >= 0.3 is 6.09 Å². The molecule has 5 aromatic rings. The Balaban J connectivity index is 0.949. The van der Waals surface area contributed by atoms with Crippen molar-refractivity contribution in [1.82, 2.24) is 29.2 Å². The highest BCUT2D eigenvalue weighted by molar-refractivity contribution is 5.79. The summed E-state index contributed by atoms with van der Waals surface area (Å²) in [5, 5.41) is 10.6. The van der Waals surface area contributed by atoms with E-state index in [1.165, 1.54) is 27.8 Å². The maximum Gasteiger partial charge on any atom is 0.409 e. The number of aromatic nitrogens is 4. The number of aliphatic hydroxyl groups excluding tert-OH is 1. The van der Waals surface area contributed by atoms with Crippen LogP contribution in [0.15, 0.2) is 79.1 Å². The molecular formula is C37H39N7O3. The molecule has 1 saturated heterocycles. The number of aliphatic hydroxyl groups is 1. The van der Waals surface area contributed by atoms with Crippen molar-refractivity contribution in [1.29, 1.82) is 0 Å². The van der Waals surface area contributed by atoms with E-state index in [1.54, 1.807) is 11.1 Å². The molecule has 0 bridgehead atoms. The topological polar surface area (TPSA) is 99.3 Å². The molecule has 240 valence electrons. The van der Waals surface area contributed by atoms with Crippen LogP contribution in [-0.2, 0) is 24.3 Å². The first-order valence-electron chi connectivity index (χ1n) is 16.6. The van der Waals surface area contributed by atoms with Crippen LogP contribution in [0.4, 0.5) is 10.7 Å². The number of fused-ring (bicyclic) bond motifs is 5. The minimum absolute atomic E-state index is 0.0324. The van der Waals surface area contributed by atoms with Crippen LogP contribution >= 0.6 is 0 Å². The van der Waals surface area contributed by atoms with Crippen LogP contribution in [0, 0.1) is 0 Å². The Kier molecular flexibility index (Phi) is 7.82. The van der Waals surface area contributed by atoms with Gasteiger partial charge in [-0.25, -0.2) is 14.8 Å². The largest absolute Gasteiger partial charge is 0.448 e. The first-order chi connectivity index (χ1) is 23.1. The van der Waals surface area contributed by atoms with E-state index < -0.39 is 0 Å². The summed E-state index contributed by atoms with van der Waals surface area (Å²) in [7, 11) is 2.11. The third-order valence-corrected chi connectivity index (χ3v) is 10.1. The molecule has 1 fully saturated rings. The molecule has 8 rings (SSSR count). The van der Waals surface area contributed by atoms with Gasteiger partial charge in [-0.15, -0.1) is 0 Å². The van der Waals surface area contributed by atoms with Crippen molar-refractivity contribution in [2.24, 2.45) is 0 Å². The van der Waals surface area contributed by atoms with E-state index in [2.05, 4.69) is 59.3 Å². The summed E-state index contributed by atoms with van der Waals surface area (Å²) in [6.45, 7) is 2.97. The summed E-state index contributed by atoms with van der Waals surface area (Å²) in [6, 6.07) is 23.0. The first-order valence-corrected chi connectivity index (χ1v) is 16.6. The minimum atomic E-state index is -0.291. The van der Waals surface area contributed by atoms with Crippen LogP contribution in [0.2, 0.25) is 0 Å². The van der Waals surface area contributed by atoms with Crippen molar-refractivity contribution >= 4 is 17.7 Å². The van der Waals surface area contributed by atoms with Gasteiger partial charge in [-0.2, -0.15) is 0 Å². The summed E-state index contributed by atoms with van der Waals surface area (Å²) < 4.78 is 7.91. The highest BCUT2D eigenvalue weighted by atomic mass is 16.6. The molecule has 4 heterocycles. The molecule has 47 heavy (non-hydrogen) atoms. The Morgan fingerprint density at radius 1 is 0.936 bits per heavy atom. The van der Waals surface area contributed by atoms with Gasteiger partial charge in [0, 0.05) is 51.0 Å². The fourth-order valence-corrected chi connectivity index (χ4v) is 7.73. The van der Waals surface area contributed by atoms with Gasteiger partial charge in [-0.1, -0.05) is 54.6 Å². The van der Waals surface area contributed by atoms with E-state index in [-0.39, 0.29) is 24.7 Å². The average Bonchev–Trinajstić information content (AvgIpc) is 3.65. The number of nitrogens with zero attached hydrogens (tertiary/aromatic N) is 7. The molecule has 2 aromatic carbocycles. The number of benzene rings is 2. The Bertz CT molecular complexity index is 1890. The van der Waals surface area contributed by atoms with Crippen LogP contribution in [0.5, 0.6) is 0 Å². The lowest BCUT2D eigenvalue weighted by Gasteiger charge is -2.35. The zero-order valence-electron chi connectivity index (χ0n) is 26.6. The summed E-state index contributed by atoms with van der Waals surface area (Å²) in [6.07, 6.45) is 6.59. The Morgan fingerprint density at radius 2 is 1.68 bits per heavy atom. The fourth-order valence-electron chi connectivity index (χ4n) is 7.73. The molecule has 0 unspecified atom stereocenters. The molecule has 1 N–H and O–H groups in total. The Labute approximate surface area is 274 Å². The second-order valence-electron chi connectivity index (χ2n) is 12.8. The number of amides is 1. The van der Waals surface area contributed by atoms with Crippen LogP contribution in [0.1, 0.15) is 58.6 Å². The van der Waals surface area contributed by atoms with Crippen molar-refractivity contribution in [2.75, 3.05) is 44.7 Å². The average molecular weight is 630 g/mol. The molecule has 1 aliphatic heterocycles. The standard InChI is InChI=1S/C37H39N7O3/c1-41(32-14-6-8-25-9-7-16-38-35(25)32)22-31-33(23-45)44-34(40-31)15-17-39-36(44)42-18-20-43(21-19-42)37(46)47-24-30-28-12-4-2-10-26(28)27-11-3-5-13-29(27)30/h2-5,7,9-13,15-17,30,32,45H,6,8,14,18-24H2,1H3/t32-/m0/s1. The third-order valence-electron chi connectivity index (χ3n) is 10.1. The maximum absolute atomic E-state index is 13.3. The SMILES string of the molecule is CN(Cc1nc2ccnc(N3CCN(C(=O)OCC4c5ccccc5-c5ccccc54)CC3)n2c1CO)[C@H]1CCCc2cccnc21. The summed E-state index contributed by atoms with van der Waals surface area (Å²) in [5.74, 6) is 0.759. The quantitative estimate of drug-likeness (QED) is 0.263. The van der Waals surface area contributed by atoms with Crippen molar-refractivity contribution < 1.29 is 14.6 Å². The van der Waals surface area contributed by atoms with Crippen LogP contribution < -0.4 is 4.90 Å². The summed E-state index contributed by atoms with van der Waals surface area (Å²) >= 11 is 0. The zero-order valence-corrected chi connectivity index (χ0v) is 26.6. The van der Waals surface area contributed by atoms with Gasteiger partial charge in [0.05, 0.1) is 29.7 Å². The van der Waals surface area contributed by atoms with Gasteiger partial charge in [0.25, 0.3) is 0 Å². The third kappa shape index (κ3) is 5.31. The molecule has 3 aromatic heterocycles. The van der Waals surface area contributed by atoms with E-state index in [4.69, 9.17) is 19.7 Å². The number of pyridine rings is 1. The minimum Gasteiger partial charge on any atom is -0.448 e. The van der Waals surface area contributed by atoms with Gasteiger partial charge in [0.1, 0.15) is 12.3 Å². The number of hydrogen-bond donors (Lipinski definition) is 1. The molecule has 0 radical (unpaired) electrons. The molecular weight excluding hydrogens is 590 g/mol. The van der Waals surface area contributed by atoms with E-state index in [1.807, 2.05) is 34.9 Å². The summed E-state index contributed by atoms with van der Waals surface area (Å²) in [4.78, 5) is 33.9. The normalized spacial score (nSPS) is 17.6. The number of carbonyl (C=O) groups is 1. The van der Waals surface area contributed by atoms with E-state index in [0.717, 1.165) is 47.9 Å². The Morgan fingerprint density at radius 3 is 2.43 bits per heavy atom. The van der Waals surface area contributed by atoms with Crippen molar-refractivity contribution in [3.05, 3.63) is 113 Å². The fraction of sp³-hybridized carbons (Fsp3) is 0.351. The number of aryl methyl sites for hydroxylation is 1.